The molecule has 1 aliphatic heterocycles. The molecule has 102 valence electrons. The summed E-state index contributed by atoms with van der Waals surface area (Å²) in [5.74, 6) is 0.0785. The first-order chi connectivity index (χ1) is 8.86. The summed E-state index contributed by atoms with van der Waals surface area (Å²) >= 11 is 0. The predicted octanol–water partition coefficient (Wildman–Crippen LogP) is 1.90. The number of carbonyl (C=O) groups is 1. The van der Waals surface area contributed by atoms with Crippen molar-refractivity contribution in [1.82, 2.24) is 4.98 Å². The molecule has 0 radical (unpaired) electrons. The third-order valence-corrected chi connectivity index (χ3v) is 2.84. The Morgan fingerprint density at radius 1 is 1.47 bits per heavy atom. The van der Waals surface area contributed by atoms with Gasteiger partial charge >= 0.3 is 5.82 Å². The highest BCUT2D eigenvalue weighted by Crippen LogP contribution is 2.37. The number of fused-ring (bicyclic) bond motifs is 1. The van der Waals surface area contributed by atoms with E-state index in [1.165, 1.54) is 17.0 Å². The molecule has 0 saturated carbocycles. The number of rotatable bonds is 3. The van der Waals surface area contributed by atoms with E-state index in [4.69, 9.17) is 4.74 Å². The Morgan fingerprint density at radius 2 is 2.16 bits per heavy atom. The van der Waals surface area contributed by atoms with Gasteiger partial charge in [-0.3, -0.25) is 9.69 Å². The molecule has 0 bridgehead atoms. The van der Waals surface area contributed by atoms with Gasteiger partial charge in [-0.1, -0.05) is 6.92 Å². The number of anilines is 1. The fourth-order valence-electron chi connectivity index (χ4n) is 1.97. The van der Waals surface area contributed by atoms with E-state index < -0.39 is 10.5 Å². The van der Waals surface area contributed by atoms with Gasteiger partial charge in [-0.15, -0.1) is 0 Å². The Bertz CT molecular complexity index is 542. The Kier molecular flexibility index (Phi) is 3.13. The number of ether oxygens (including phenoxy) is 1. The summed E-state index contributed by atoms with van der Waals surface area (Å²) in [6, 6.07) is 2.76. The standard InChI is InChI=1S/C12H15N3O4/c1-4-7-14-10-8(19-12(2,3)11(14)16)5-6-9(13-10)15(17)18/h5-6H,4,7H2,1-3H3. The van der Waals surface area contributed by atoms with E-state index in [1.54, 1.807) is 13.8 Å². The van der Waals surface area contributed by atoms with Crippen molar-refractivity contribution in [2.24, 2.45) is 0 Å². The molecule has 1 aromatic rings. The number of hydrogen-bond donors (Lipinski definition) is 0. The van der Waals surface area contributed by atoms with Gasteiger partial charge in [0.25, 0.3) is 11.7 Å². The van der Waals surface area contributed by atoms with Crippen LogP contribution in [0.15, 0.2) is 12.1 Å². The summed E-state index contributed by atoms with van der Waals surface area (Å²) in [5.41, 5.74) is -0.986. The summed E-state index contributed by atoms with van der Waals surface area (Å²) in [5, 5.41) is 10.8. The fraction of sp³-hybridized carbons (Fsp3) is 0.500. The van der Waals surface area contributed by atoms with Crippen LogP contribution in [0, 0.1) is 10.1 Å². The molecular formula is C12H15N3O4. The largest absolute Gasteiger partial charge is 0.472 e. The van der Waals surface area contributed by atoms with Crippen LogP contribution in [0.5, 0.6) is 5.75 Å². The first-order valence-electron chi connectivity index (χ1n) is 6.03. The van der Waals surface area contributed by atoms with E-state index in [-0.39, 0.29) is 17.5 Å². The van der Waals surface area contributed by atoms with Crippen LogP contribution in [0.25, 0.3) is 0 Å². The third-order valence-electron chi connectivity index (χ3n) is 2.84. The normalized spacial score (nSPS) is 16.8. The zero-order valence-electron chi connectivity index (χ0n) is 11.0. The van der Waals surface area contributed by atoms with Gasteiger partial charge in [-0.25, -0.2) is 0 Å². The van der Waals surface area contributed by atoms with Crippen molar-refractivity contribution in [3.05, 3.63) is 22.2 Å². The number of aromatic nitrogens is 1. The number of nitrogens with zero attached hydrogens (tertiary/aromatic N) is 3. The molecule has 0 saturated heterocycles. The number of nitro groups is 1. The Balaban J connectivity index is 2.53. The van der Waals surface area contributed by atoms with E-state index in [9.17, 15) is 14.9 Å². The second kappa shape index (κ2) is 4.49. The lowest BCUT2D eigenvalue weighted by Crippen LogP contribution is -2.53. The molecule has 0 aromatic carbocycles. The molecule has 19 heavy (non-hydrogen) atoms. The summed E-state index contributed by atoms with van der Waals surface area (Å²) in [6.07, 6.45) is 0.728. The second-order valence-corrected chi connectivity index (χ2v) is 4.82. The Hall–Kier alpha value is -2.18. The van der Waals surface area contributed by atoms with Crippen molar-refractivity contribution >= 4 is 17.5 Å². The summed E-state index contributed by atoms with van der Waals surface area (Å²) in [4.78, 5) is 27.8. The Labute approximate surface area is 110 Å². The van der Waals surface area contributed by atoms with Crippen molar-refractivity contribution in [2.45, 2.75) is 32.8 Å². The van der Waals surface area contributed by atoms with Crippen molar-refractivity contribution in [3.8, 4) is 5.75 Å². The molecule has 0 unspecified atom stereocenters. The smallest absolute Gasteiger partial charge is 0.366 e. The molecular weight excluding hydrogens is 250 g/mol. The number of carbonyl (C=O) groups excluding carboxylic acids is 1. The van der Waals surface area contributed by atoms with E-state index in [1.807, 2.05) is 6.92 Å². The molecule has 1 amide bonds. The van der Waals surface area contributed by atoms with Crippen LogP contribution in [-0.2, 0) is 4.79 Å². The maximum absolute atomic E-state index is 12.3. The zero-order valence-corrected chi connectivity index (χ0v) is 11.0. The molecule has 0 spiro atoms. The van der Waals surface area contributed by atoms with Crippen LogP contribution in [0.4, 0.5) is 11.6 Å². The van der Waals surface area contributed by atoms with E-state index in [2.05, 4.69) is 4.98 Å². The van der Waals surface area contributed by atoms with Crippen LogP contribution in [0.3, 0.4) is 0 Å². The van der Waals surface area contributed by atoms with Gasteiger partial charge < -0.3 is 14.9 Å². The van der Waals surface area contributed by atoms with E-state index >= 15 is 0 Å². The molecule has 7 nitrogen and oxygen atoms in total. The van der Waals surface area contributed by atoms with Crippen molar-refractivity contribution in [3.63, 3.8) is 0 Å². The minimum atomic E-state index is -0.986. The highest BCUT2D eigenvalue weighted by Gasteiger charge is 2.43. The van der Waals surface area contributed by atoms with Gasteiger partial charge in [-0.2, -0.15) is 0 Å². The van der Waals surface area contributed by atoms with Gasteiger partial charge in [0.2, 0.25) is 0 Å². The topological polar surface area (TPSA) is 85.6 Å². The number of pyridine rings is 1. The number of amides is 1. The second-order valence-electron chi connectivity index (χ2n) is 4.82. The summed E-state index contributed by atoms with van der Waals surface area (Å²) < 4.78 is 5.57. The van der Waals surface area contributed by atoms with Crippen LogP contribution >= 0.6 is 0 Å². The highest BCUT2D eigenvalue weighted by atomic mass is 16.6. The average Bonchev–Trinajstić information content (AvgIpc) is 2.34. The minimum absolute atomic E-state index is 0.223. The molecule has 0 N–H and O–H groups in total. The lowest BCUT2D eigenvalue weighted by Gasteiger charge is -2.35. The average molecular weight is 265 g/mol. The maximum atomic E-state index is 12.3. The minimum Gasteiger partial charge on any atom is -0.472 e. The van der Waals surface area contributed by atoms with Crippen LogP contribution in [0.1, 0.15) is 27.2 Å². The predicted molar refractivity (Wildman–Crippen MR) is 68.2 cm³/mol. The molecule has 1 aliphatic rings. The van der Waals surface area contributed by atoms with E-state index in [0.29, 0.717) is 12.3 Å². The van der Waals surface area contributed by atoms with Gasteiger partial charge in [0.05, 0.1) is 0 Å². The summed E-state index contributed by atoms with van der Waals surface area (Å²) in [7, 11) is 0. The van der Waals surface area contributed by atoms with Gasteiger partial charge in [0.15, 0.2) is 11.4 Å². The maximum Gasteiger partial charge on any atom is 0.366 e. The van der Waals surface area contributed by atoms with Crippen molar-refractivity contribution in [1.29, 1.82) is 0 Å². The van der Waals surface area contributed by atoms with Gasteiger partial charge in [0.1, 0.15) is 0 Å². The first-order valence-corrected chi connectivity index (χ1v) is 6.03. The lowest BCUT2D eigenvalue weighted by molar-refractivity contribution is -0.389. The molecule has 2 rings (SSSR count). The zero-order chi connectivity index (χ0) is 14.2. The number of hydrogen-bond acceptors (Lipinski definition) is 5. The van der Waals surface area contributed by atoms with Crippen LogP contribution < -0.4 is 9.64 Å². The van der Waals surface area contributed by atoms with Crippen molar-refractivity contribution in [2.75, 3.05) is 11.4 Å². The molecule has 2 heterocycles. The van der Waals surface area contributed by atoms with Gasteiger partial charge in [0, 0.05) is 12.6 Å². The monoisotopic (exact) mass is 265 g/mol. The highest BCUT2D eigenvalue weighted by molar-refractivity contribution is 6.01. The molecule has 7 heteroatoms. The summed E-state index contributed by atoms with van der Waals surface area (Å²) in [6.45, 7) is 5.71. The third kappa shape index (κ3) is 2.23. The van der Waals surface area contributed by atoms with Gasteiger partial charge in [-0.05, 0) is 36.2 Å². The molecule has 0 aliphatic carbocycles. The van der Waals surface area contributed by atoms with Crippen molar-refractivity contribution < 1.29 is 14.5 Å². The van der Waals surface area contributed by atoms with E-state index in [0.717, 1.165) is 6.42 Å². The Morgan fingerprint density at radius 3 is 2.74 bits per heavy atom. The molecule has 0 atom stereocenters. The first kappa shape index (κ1) is 13.3. The van der Waals surface area contributed by atoms with Crippen LogP contribution in [-0.4, -0.2) is 28.0 Å². The van der Waals surface area contributed by atoms with Crippen LogP contribution in [0.2, 0.25) is 0 Å². The SMILES string of the molecule is CCCN1C(=O)C(C)(C)Oc2ccc([N+](=O)[O-])nc21. The quantitative estimate of drug-likeness (QED) is 0.615. The molecule has 1 aromatic heterocycles. The molecule has 0 fully saturated rings. The lowest BCUT2D eigenvalue weighted by atomic mass is 10.1. The fourth-order valence-corrected chi connectivity index (χ4v) is 1.97.